The lowest BCUT2D eigenvalue weighted by Crippen LogP contribution is -2.26. The standard InChI is InChI=1S/C23H21FN2O3/c1-29-21-12-5-2-7-16(21)13-14-25-22(27)17-8-6-9-18(15-17)23(28)26-20-11-4-3-10-19(20)24/h2-12,15H,13-14H2,1H3,(H,25,27)(H,26,28). The average Bonchev–Trinajstić information content (AvgIpc) is 2.75. The van der Waals surface area contributed by atoms with Crippen molar-refractivity contribution in [1.82, 2.24) is 5.32 Å². The predicted molar refractivity (Wildman–Crippen MR) is 110 cm³/mol. The Labute approximate surface area is 168 Å². The normalized spacial score (nSPS) is 10.3. The molecule has 0 aliphatic carbocycles. The van der Waals surface area contributed by atoms with E-state index < -0.39 is 11.7 Å². The van der Waals surface area contributed by atoms with E-state index in [9.17, 15) is 14.0 Å². The van der Waals surface area contributed by atoms with Gasteiger partial charge in [-0.15, -0.1) is 0 Å². The summed E-state index contributed by atoms with van der Waals surface area (Å²) in [6.45, 7) is 0.421. The number of methoxy groups -OCH3 is 1. The molecule has 0 radical (unpaired) electrons. The molecule has 0 aromatic heterocycles. The van der Waals surface area contributed by atoms with Crippen molar-refractivity contribution in [2.45, 2.75) is 6.42 Å². The van der Waals surface area contributed by atoms with Gasteiger partial charge < -0.3 is 15.4 Å². The van der Waals surface area contributed by atoms with Crippen LogP contribution >= 0.6 is 0 Å². The van der Waals surface area contributed by atoms with Gasteiger partial charge in [0.15, 0.2) is 0 Å². The zero-order valence-electron chi connectivity index (χ0n) is 15.9. The Balaban J connectivity index is 1.62. The van der Waals surface area contributed by atoms with Gasteiger partial charge in [0.2, 0.25) is 0 Å². The second-order valence-electron chi connectivity index (χ2n) is 6.33. The highest BCUT2D eigenvalue weighted by molar-refractivity contribution is 6.06. The van der Waals surface area contributed by atoms with E-state index in [0.717, 1.165) is 11.3 Å². The molecule has 0 aliphatic rings. The second-order valence-corrected chi connectivity index (χ2v) is 6.33. The van der Waals surface area contributed by atoms with Crippen LogP contribution in [-0.4, -0.2) is 25.5 Å². The zero-order valence-corrected chi connectivity index (χ0v) is 15.9. The summed E-state index contributed by atoms with van der Waals surface area (Å²) in [5.41, 5.74) is 1.70. The van der Waals surface area contributed by atoms with Crippen molar-refractivity contribution in [3.8, 4) is 5.75 Å². The van der Waals surface area contributed by atoms with Crippen LogP contribution in [0.5, 0.6) is 5.75 Å². The summed E-state index contributed by atoms with van der Waals surface area (Å²) in [4.78, 5) is 24.8. The van der Waals surface area contributed by atoms with Gasteiger partial charge in [-0.3, -0.25) is 9.59 Å². The molecule has 0 unspecified atom stereocenters. The fraction of sp³-hybridized carbons (Fsp3) is 0.130. The largest absolute Gasteiger partial charge is 0.496 e. The third kappa shape index (κ3) is 5.19. The number of amides is 2. The summed E-state index contributed by atoms with van der Waals surface area (Å²) in [6.07, 6.45) is 0.614. The van der Waals surface area contributed by atoms with Gasteiger partial charge in [-0.2, -0.15) is 0 Å². The Morgan fingerprint density at radius 2 is 1.59 bits per heavy atom. The van der Waals surface area contributed by atoms with Crippen LogP contribution in [0.25, 0.3) is 0 Å². The molecular formula is C23H21FN2O3. The van der Waals surface area contributed by atoms with E-state index in [1.165, 1.54) is 18.2 Å². The van der Waals surface area contributed by atoms with Gasteiger partial charge in [0.1, 0.15) is 11.6 Å². The van der Waals surface area contributed by atoms with Crippen LogP contribution in [0.4, 0.5) is 10.1 Å². The lowest BCUT2D eigenvalue weighted by molar-refractivity contribution is 0.0954. The summed E-state index contributed by atoms with van der Waals surface area (Å²) >= 11 is 0. The highest BCUT2D eigenvalue weighted by Gasteiger charge is 2.12. The van der Waals surface area contributed by atoms with Gasteiger partial charge in [0.25, 0.3) is 11.8 Å². The van der Waals surface area contributed by atoms with Crippen molar-refractivity contribution in [3.05, 3.63) is 95.3 Å². The Bertz CT molecular complexity index is 1020. The molecule has 5 nitrogen and oxygen atoms in total. The Morgan fingerprint density at radius 3 is 2.34 bits per heavy atom. The first-order valence-corrected chi connectivity index (χ1v) is 9.14. The number of rotatable bonds is 7. The maximum absolute atomic E-state index is 13.7. The number of benzene rings is 3. The maximum atomic E-state index is 13.7. The highest BCUT2D eigenvalue weighted by atomic mass is 19.1. The van der Waals surface area contributed by atoms with Crippen LogP contribution in [-0.2, 0) is 6.42 Å². The van der Waals surface area contributed by atoms with Crippen LogP contribution in [0.3, 0.4) is 0 Å². The molecule has 0 bridgehead atoms. The maximum Gasteiger partial charge on any atom is 0.255 e. The number of halogens is 1. The molecule has 0 atom stereocenters. The van der Waals surface area contributed by atoms with E-state index in [0.29, 0.717) is 18.5 Å². The number of hydrogen-bond acceptors (Lipinski definition) is 3. The molecule has 0 aliphatic heterocycles. The molecule has 2 N–H and O–H groups in total. The SMILES string of the molecule is COc1ccccc1CCNC(=O)c1cccc(C(=O)Nc2ccccc2F)c1. The van der Waals surface area contributed by atoms with Gasteiger partial charge in [0.05, 0.1) is 12.8 Å². The van der Waals surface area contributed by atoms with E-state index in [4.69, 9.17) is 4.74 Å². The molecule has 0 spiro atoms. The average molecular weight is 392 g/mol. The fourth-order valence-electron chi connectivity index (χ4n) is 2.88. The molecule has 3 aromatic carbocycles. The van der Waals surface area contributed by atoms with Crippen molar-refractivity contribution in [3.63, 3.8) is 0 Å². The van der Waals surface area contributed by atoms with Crippen molar-refractivity contribution in [1.29, 1.82) is 0 Å². The van der Waals surface area contributed by atoms with E-state index >= 15 is 0 Å². The number of nitrogens with one attached hydrogen (secondary N) is 2. The van der Waals surface area contributed by atoms with Crippen LogP contribution in [0.15, 0.2) is 72.8 Å². The summed E-state index contributed by atoms with van der Waals surface area (Å²) in [5.74, 6) is -0.529. The van der Waals surface area contributed by atoms with Crippen molar-refractivity contribution < 1.29 is 18.7 Å². The molecule has 6 heteroatoms. The lowest BCUT2D eigenvalue weighted by atomic mass is 10.1. The van der Waals surface area contributed by atoms with E-state index in [1.807, 2.05) is 24.3 Å². The van der Waals surface area contributed by atoms with E-state index in [1.54, 1.807) is 37.4 Å². The number of hydrogen-bond donors (Lipinski definition) is 2. The minimum atomic E-state index is -0.522. The molecule has 2 amide bonds. The third-order valence-electron chi connectivity index (χ3n) is 4.38. The molecule has 0 fully saturated rings. The van der Waals surface area contributed by atoms with Crippen molar-refractivity contribution in [2.24, 2.45) is 0 Å². The minimum Gasteiger partial charge on any atom is -0.496 e. The summed E-state index contributed by atoms with van der Waals surface area (Å²) in [5, 5.41) is 5.35. The number of para-hydroxylation sites is 2. The predicted octanol–water partition coefficient (Wildman–Crippen LogP) is 4.06. The first kappa shape index (κ1) is 20.1. The van der Waals surface area contributed by atoms with Crippen LogP contribution in [0.1, 0.15) is 26.3 Å². The highest BCUT2D eigenvalue weighted by Crippen LogP contribution is 2.17. The summed E-state index contributed by atoms with van der Waals surface area (Å²) in [7, 11) is 1.61. The van der Waals surface area contributed by atoms with E-state index in [-0.39, 0.29) is 17.2 Å². The Hall–Kier alpha value is -3.67. The lowest BCUT2D eigenvalue weighted by Gasteiger charge is -2.10. The first-order valence-electron chi connectivity index (χ1n) is 9.14. The summed E-state index contributed by atoms with van der Waals surface area (Å²) in [6, 6.07) is 19.8. The molecule has 0 saturated heterocycles. The number of carbonyl (C=O) groups is 2. The Kier molecular flexibility index (Phi) is 6.58. The number of carbonyl (C=O) groups excluding carboxylic acids is 2. The monoisotopic (exact) mass is 392 g/mol. The fourth-order valence-corrected chi connectivity index (χ4v) is 2.88. The molecule has 148 valence electrons. The summed E-state index contributed by atoms with van der Waals surface area (Å²) < 4.78 is 19.0. The van der Waals surface area contributed by atoms with E-state index in [2.05, 4.69) is 10.6 Å². The smallest absolute Gasteiger partial charge is 0.255 e. The second kappa shape index (κ2) is 9.50. The molecule has 3 rings (SSSR count). The minimum absolute atomic E-state index is 0.0872. The first-order chi connectivity index (χ1) is 14.1. The molecule has 29 heavy (non-hydrogen) atoms. The molecule has 0 saturated carbocycles. The number of ether oxygens (including phenoxy) is 1. The molecule has 3 aromatic rings. The number of anilines is 1. The Morgan fingerprint density at radius 1 is 0.897 bits per heavy atom. The van der Waals surface area contributed by atoms with Gasteiger partial charge in [0, 0.05) is 17.7 Å². The van der Waals surface area contributed by atoms with Crippen molar-refractivity contribution in [2.75, 3.05) is 19.0 Å². The third-order valence-corrected chi connectivity index (χ3v) is 4.38. The van der Waals surface area contributed by atoms with Gasteiger partial charge in [-0.1, -0.05) is 36.4 Å². The van der Waals surface area contributed by atoms with Crippen molar-refractivity contribution >= 4 is 17.5 Å². The van der Waals surface area contributed by atoms with Crippen LogP contribution in [0.2, 0.25) is 0 Å². The molecule has 0 heterocycles. The quantitative estimate of drug-likeness (QED) is 0.637. The topological polar surface area (TPSA) is 67.4 Å². The van der Waals surface area contributed by atoms with Gasteiger partial charge in [-0.25, -0.2) is 4.39 Å². The zero-order chi connectivity index (χ0) is 20.6. The van der Waals surface area contributed by atoms with Gasteiger partial charge >= 0.3 is 0 Å². The van der Waals surface area contributed by atoms with Crippen LogP contribution in [0, 0.1) is 5.82 Å². The van der Waals surface area contributed by atoms with Crippen LogP contribution < -0.4 is 15.4 Å². The molecular weight excluding hydrogens is 371 g/mol. The van der Waals surface area contributed by atoms with Gasteiger partial charge in [-0.05, 0) is 48.4 Å².